The highest BCUT2D eigenvalue weighted by atomic mass is 32.2. The van der Waals surface area contributed by atoms with Crippen LogP contribution in [0.1, 0.15) is 18.4 Å². The van der Waals surface area contributed by atoms with Crippen LogP contribution in [-0.2, 0) is 5.75 Å². The molecule has 0 saturated heterocycles. The minimum Gasteiger partial charge on any atom is -0.494 e. The maximum absolute atomic E-state index is 9.51. The summed E-state index contributed by atoms with van der Waals surface area (Å²) in [5.41, 5.74) is 2.19. The number of hydrogen-bond donors (Lipinski definition) is 0. The lowest BCUT2D eigenvalue weighted by Gasteiger charge is -2.07. The summed E-state index contributed by atoms with van der Waals surface area (Å²) >= 11 is 1.40. The molecule has 4 aromatic rings. The fraction of sp³-hybridized carbons (Fsp3) is 0.143. The minimum atomic E-state index is 0.435. The number of hydrogen-bond acceptors (Lipinski definition) is 7. The predicted molar refractivity (Wildman–Crippen MR) is 107 cm³/mol. The third kappa shape index (κ3) is 3.82. The largest absolute Gasteiger partial charge is 0.494 e. The second-order valence-corrected chi connectivity index (χ2v) is 6.86. The molecule has 28 heavy (non-hydrogen) atoms. The monoisotopic (exact) mass is 388 g/mol. The first-order valence-electron chi connectivity index (χ1n) is 8.75. The van der Waals surface area contributed by atoms with Crippen LogP contribution in [0.5, 0.6) is 5.75 Å². The van der Waals surface area contributed by atoms with Crippen molar-refractivity contribution in [2.45, 2.75) is 17.7 Å². The van der Waals surface area contributed by atoms with Crippen molar-refractivity contribution in [2.75, 3.05) is 6.61 Å². The normalized spacial score (nSPS) is 10.7. The van der Waals surface area contributed by atoms with Crippen molar-refractivity contribution < 1.29 is 9.15 Å². The lowest BCUT2D eigenvalue weighted by atomic mass is 10.1. The van der Waals surface area contributed by atoms with E-state index in [0.717, 1.165) is 22.2 Å². The third-order valence-electron chi connectivity index (χ3n) is 4.00. The molecule has 138 valence electrons. The lowest BCUT2D eigenvalue weighted by Crippen LogP contribution is -1.93. The van der Waals surface area contributed by atoms with Gasteiger partial charge in [-0.25, -0.2) is 4.98 Å². The molecule has 2 aromatic heterocycles. The zero-order chi connectivity index (χ0) is 19.3. The van der Waals surface area contributed by atoms with Gasteiger partial charge >= 0.3 is 0 Å². The van der Waals surface area contributed by atoms with Gasteiger partial charge in [-0.2, -0.15) is 5.26 Å². The maximum Gasteiger partial charge on any atom is 0.247 e. The van der Waals surface area contributed by atoms with E-state index in [1.807, 2.05) is 61.5 Å². The van der Waals surface area contributed by atoms with Gasteiger partial charge in [0.05, 0.1) is 23.4 Å². The Morgan fingerprint density at radius 2 is 1.96 bits per heavy atom. The van der Waals surface area contributed by atoms with Crippen molar-refractivity contribution in [1.82, 2.24) is 15.2 Å². The molecule has 0 atom stereocenters. The molecule has 2 aromatic carbocycles. The van der Waals surface area contributed by atoms with Crippen LogP contribution in [0.25, 0.3) is 22.4 Å². The van der Waals surface area contributed by atoms with Crippen molar-refractivity contribution in [2.24, 2.45) is 0 Å². The Labute approximate surface area is 166 Å². The zero-order valence-corrected chi connectivity index (χ0v) is 15.9. The molecule has 0 aliphatic heterocycles. The van der Waals surface area contributed by atoms with E-state index in [1.54, 1.807) is 0 Å². The van der Waals surface area contributed by atoms with E-state index in [-0.39, 0.29) is 0 Å². The summed E-state index contributed by atoms with van der Waals surface area (Å²) in [6.07, 6.45) is 0. The van der Waals surface area contributed by atoms with Crippen LogP contribution in [0.3, 0.4) is 0 Å². The molecule has 0 spiro atoms. The summed E-state index contributed by atoms with van der Waals surface area (Å²) in [6.45, 7) is 2.52. The number of ether oxygens (including phenoxy) is 1. The number of benzene rings is 2. The van der Waals surface area contributed by atoms with Crippen LogP contribution >= 0.6 is 11.8 Å². The molecular formula is C21H16N4O2S. The molecule has 0 aliphatic carbocycles. The molecule has 0 amide bonds. The summed E-state index contributed by atoms with van der Waals surface area (Å²) in [5.74, 6) is 2.16. The Bertz CT molecular complexity index is 1150. The van der Waals surface area contributed by atoms with E-state index in [4.69, 9.17) is 9.15 Å². The third-order valence-corrected chi connectivity index (χ3v) is 4.98. The van der Waals surface area contributed by atoms with Gasteiger partial charge < -0.3 is 9.15 Å². The van der Waals surface area contributed by atoms with Crippen LogP contribution in [0.4, 0.5) is 0 Å². The number of nitrogens with zero attached hydrogens (tertiary/aromatic N) is 4. The van der Waals surface area contributed by atoms with Crippen LogP contribution < -0.4 is 4.74 Å². The molecule has 0 bridgehead atoms. The fourth-order valence-corrected chi connectivity index (χ4v) is 3.52. The number of pyridine rings is 1. The molecular weight excluding hydrogens is 372 g/mol. The second kappa shape index (κ2) is 8.11. The molecule has 0 N–H and O–H groups in total. The van der Waals surface area contributed by atoms with Gasteiger partial charge in [0.25, 0.3) is 0 Å². The van der Waals surface area contributed by atoms with E-state index in [1.165, 1.54) is 11.8 Å². The highest BCUT2D eigenvalue weighted by Gasteiger charge is 2.12. The molecule has 0 radical (unpaired) electrons. The van der Waals surface area contributed by atoms with E-state index >= 15 is 0 Å². The number of rotatable bonds is 6. The highest BCUT2D eigenvalue weighted by Crippen LogP contribution is 2.29. The Kier molecular flexibility index (Phi) is 5.22. The van der Waals surface area contributed by atoms with Crippen molar-refractivity contribution in [1.29, 1.82) is 5.26 Å². The van der Waals surface area contributed by atoms with Gasteiger partial charge in [-0.15, -0.1) is 10.2 Å². The first-order valence-corrected chi connectivity index (χ1v) is 9.73. The first-order chi connectivity index (χ1) is 13.8. The number of fused-ring (bicyclic) bond motifs is 1. The molecule has 4 rings (SSSR count). The predicted octanol–water partition coefficient (Wildman–Crippen LogP) is 4.85. The topological polar surface area (TPSA) is 84.8 Å². The van der Waals surface area contributed by atoms with Crippen LogP contribution in [0, 0.1) is 11.3 Å². The van der Waals surface area contributed by atoms with Crippen molar-refractivity contribution in [3.8, 4) is 23.3 Å². The Balaban J connectivity index is 1.55. The molecule has 0 saturated carbocycles. The average molecular weight is 388 g/mol. The summed E-state index contributed by atoms with van der Waals surface area (Å²) in [6, 6.07) is 19.3. The average Bonchev–Trinajstić information content (AvgIpc) is 3.21. The van der Waals surface area contributed by atoms with Crippen LogP contribution in [0.2, 0.25) is 0 Å². The lowest BCUT2D eigenvalue weighted by molar-refractivity contribution is 0.340. The van der Waals surface area contributed by atoms with Crippen molar-refractivity contribution in [3.05, 3.63) is 66.1 Å². The molecule has 0 aliphatic rings. The van der Waals surface area contributed by atoms with E-state index in [2.05, 4.69) is 21.3 Å². The Morgan fingerprint density at radius 3 is 2.75 bits per heavy atom. The number of aromatic nitrogens is 3. The van der Waals surface area contributed by atoms with E-state index < -0.39 is 0 Å². The van der Waals surface area contributed by atoms with Gasteiger partial charge in [0.2, 0.25) is 11.8 Å². The number of nitriles is 1. The van der Waals surface area contributed by atoms with Gasteiger partial charge in [0, 0.05) is 10.9 Å². The smallest absolute Gasteiger partial charge is 0.247 e. The highest BCUT2D eigenvalue weighted by molar-refractivity contribution is 7.98. The van der Waals surface area contributed by atoms with Crippen molar-refractivity contribution in [3.63, 3.8) is 0 Å². The van der Waals surface area contributed by atoms with Gasteiger partial charge in [0.15, 0.2) is 0 Å². The summed E-state index contributed by atoms with van der Waals surface area (Å²) < 4.78 is 11.2. The minimum absolute atomic E-state index is 0.435. The van der Waals surface area contributed by atoms with Gasteiger partial charge in [-0.05, 0) is 43.3 Å². The quantitative estimate of drug-likeness (QED) is 0.437. The Morgan fingerprint density at radius 1 is 1.11 bits per heavy atom. The van der Waals surface area contributed by atoms with Crippen LogP contribution in [-0.4, -0.2) is 21.8 Å². The standard InChI is InChI=1S/C21H16N4O2S/c1-2-26-17-8-9-18-15(11-17)10-16(12-22)21(23-18)28-13-19-24-25-20(27-19)14-6-4-3-5-7-14/h3-11H,2,13H2,1H3. The summed E-state index contributed by atoms with van der Waals surface area (Å²) in [7, 11) is 0. The summed E-state index contributed by atoms with van der Waals surface area (Å²) in [5, 5.41) is 19.2. The summed E-state index contributed by atoms with van der Waals surface area (Å²) in [4.78, 5) is 4.62. The molecule has 6 nitrogen and oxygen atoms in total. The first kappa shape index (κ1) is 18.0. The Hall–Kier alpha value is -3.37. The van der Waals surface area contributed by atoms with Crippen molar-refractivity contribution >= 4 is 22.7 Å². The molecule has 0 fully saturated rings. The molecule has 0 unspecified atom stereocenters. The number of thioether (sulfide) groups is 1. The molecule has 7 heteroatoms. The van der Waals surface area contributed by atoms with E-state index in [0.29, 0.717) is 34.7 Å². The van der Waals surface area contributed by atoms with Gasteiger partial charge in [0.1, 0.15) is 16.8 Å². The molecule has 2 heterocycles. The van der Waals surface area contributed by atoms with E-state index in [9.17, 15) is 5.26 Å². The van der Waals surface area contributed by atoms with Gasteiger partial charge in [-0.1, -0.05) is 30.0 Å². The zero-order valence-electron chi connectivity index (χ0n) is 15.1. The SMILES string of the molecule is CCOc1ccc2nc(SCc3nnc(-c4ccccc4)o3)c(C#N)cc2c1. The second-order valence-electron chi connectivity index (χ2n) is 5.90. The maximum atomic E-state index is 9.51. The fourth-order valence-electron chi connectivity index (χ4n) is 2.72. The van der Waals surface area contributed by atoms with Gasteiger partial charge in [-0.3, -0.25) is 0 Å². The van der Waals surface area contributed by atoms with Crippen LogP contribution in [0.15, 0.2) is 64.0 Å².